The van der Waals surface area contributed by atoms with E-state index in [4.69, 9.17) is 4.74 Å². The van der Waals surface area contributed by atoms with Gasteiger partial charge in [-0.1, -0.05) is 0 Å². The average Bonchev–Trinajstić information content (AvgIpc) is 2.61. The van der Waals surface area contributed by atoms with Crippen LogP contribution in [-0.4, -0.2) is 41.6 Å². The van der Waals surface area contributed by atoms with Gasteiger partial charge in [0.15, 0.2) is 0 Å². The minimum Gasteiger partial charge on any atom is -0.378 e. The van der Waals surface area contributed by atoms with E-state index in [1.807, 2.05) is 0 Å². The number of piperidine rings is 1. The number of aryl methyl sites for hydroxylation is 1. The molecule has 0 unspecified atom stereocenters. The van der Waals surface area contributed by atoms with Crippen molar-refractivity contribution in [2.24, 2.45) is 5.92 Å². The number of carbonyl (C=O) groups is 1. The molecule has 2 fully saturated rings. The predicted molar refractivity (Wildman–Crippen MR) is 92.2 cm³/mol. The van der Waals surface area contributed by atoms with E-state index in [-0.39, 0.29) is 23.1 Å². The van der Waals surface area contributed by atoms with Crippen LogP contribution in [0.15, 0.2) is 23.0 Å². The van der Waals surface area contributed by atoms with Gasteiger partial charge in [0, 0.05) is 37.1 Å². The average molecular weight is 344 g/mol. The van der Waals surface area contributed by atoms with E-state index in [1.165, 1.54) is 12.1 Å². The Hall–Kier alpha value is -2.21. The molecular formula is C19H21FN2O3. The number of aromatic amines is 1. The maximum absolute atomic E-state index is 14.2. The molecule has 4 rings (SSSR count). The zero-order chi connectivity index (χ0) is 17.6. The van der Waals surface area contributed by atoms with Crippen molar-refractivity contribution in [2.45, 2.75) is 32.3 Å². The molecule has 0 bridgehead atoms. The van der Waals surface area contributed by atoms with Crippen LogP contribution >= 0.6 is 0 Å². The maximum atomic E-state index is 14.2. The second kappa shape index (κ2) is 6.26. The number of fused-ring (bicyclic) bond motifs is 2. The molecule has 2 aromatic rings. The van der Waals surface area contributed by atoms with Crippen LogP contribution in [-0.2, 0) is 4.74 Å². The van der Waals surface area contributed by atoms with Crippen molar-refractivity contribution in [1.82, 2.24) is 9.88 Å². The lowest BCUT2D eigenvalue weighted by molar-refractivity contribution is -0.0606. The Morgan fingerprint density at radius 2 is 2.16 bits per heavy atom. The molecule has 2 saturated heterocycles. The lowest BCUT2D eigenvalue weighted by atomic mass is 9.88. The molecule has 1 amide bonds. The van der Waals surface area contributed by atoms with Gasteiger partial charge >= 0.3 is 0 Å². The largest absolute Gasteiger partial charge is 0.378 e. The van der Waals surface area contributed by atoms with Crippen LogP contribution in [0.3, 0.4) is 0 Å². The van der Waals surface area contributed by atoms with Crippen LogP contribution in [0.5, 0.6) is 0 Å². The van der Waals surface area contributed by atoms with E-state index in [0.29, 0.717) is 30.0 Å². The first-order chi connectivity index (χ1) is 12.0. The molecule has 2 aliphatic rings. The van der Waals surface area contributed by atoms with E-state index in [0.717, 1.165) is 25.9 Å². The van der Waals surface area contributed by atoms with Crippen LogP contribution < -0.4 is 5.56 Å². The fourth-order valence-corrected chi connectivity index (χ4v) is 4.07. The van der Waals surface area contributed by atoms with Gasteiger partial charge in [-0.2, -0.15) is 0 Å². The molecule has 1 aromatic heterocycles. The number of ether oxygens (including phenoxy) is 1. The molecule has 1 aromatic carbocycles. The Morgan fingerprint density at radius 1 is 1.32 bits per heavy atom. The third-order valence-corrected chi connectivity index (χ3v) is 5.28. The summed E-state index contributed by atoms with van der Waals surface area (Å²) in [6.45, 7) is 3.80. The first-order valence-electron chi connectivity index (χ1n) is 8.77. The molecule has 1 N–H and O–H groups in total. The lowest BCUT2D eigenvalue weighted by Crippen LogP contribution is -2.48. The van der Waals surface area contributed by atoms with Crippen molar-refractivity contribution in [3.05, 3.63) is 45.5 Å². The van der Waals surface area contributed by atoms with E-state index in [9.17, 15) is 14.0 Å². The monoisotopic (exact) mass is 344 g/mol. The summed E-state index contributed by atoms with van der Waals surface area (Å²) in [6.07, 6.45) is 3.11. The van der Waals surface area contributed by atoms with Crippen molar-refractivity contribution in [2.75, 3.05) is 19.7 Å². The standard InChI is InChI=1S/C19H21FN2O3/c1-11-7-13-14(9-17(23)21-18(13)15(20)8-11)19(24)22-5-4-16-12(10-22)3-2-6-25-16/h7-9,12,16H,2-6,10H2,1H3,(H,21,23)/t12-,16+/m1/s1. The van der Waals surface area contributed by atoms with Crippen LogP contribution in [0.4, 0.5) is 4.39 Å². The number of hydrogen-bond acceptors (Lipinski definition) is 3. The summed E-state index contributed by atoms with van der Waals surface area (Å²) >= 11 is 0. The Balaban J connectivity index is 1.71. The van der Waals surface area contributed by atoms with Crippen LogP contribution in [0.2, 0.25) is 0 Å². The number of amides is 1. The van der Waals surface area contributed by atoms with Crippen molar-refractivity contribution in [3.8, 4) is 0 Å². The second-order valence-electron chi connectivity index (χ2n) is 7.07. The summed E-state index contributed by atoms with van der Waals surface area (Å²) in [7, 11) is 0. The number of carbonyl (C=O) groups excluding carboxylic acids is 1. The summed E-state index contributed by atoms with van der Waals surface area (Å²) < 4.78 is 20.0. The van der Waals surface area contributed by atoms with Gasteiger partial charge in [-0.25, -0.2) is 4.39 Å². The number of nitrogens with zero attached hydrogens (tertiary/aromatic N) is 1. The molecule has 2 atom stereocenters. The molecule has 0 saturated carbocycles. The maximum Gasteiger partial charge on any atom is 0.254 e. The number of hydrogen-bond donors (Lipinski definition) is 1. The molecule has 3 heterocycles. The molecule has 0 radical (unpaired) electrons. The molecule has 5 nitrogen and oxygen atoms in total. The van der Waals surface area contributed by atoms with Crippen LogP contribution in [0, 0.1) is 18.7 Å². The predicted octanol–water partition coefficient (Wildman–Crippen LogP) is 2.62. The fraction of sp³-hybridized carbons (Fsp3) is 0.474. The van der Waals surface area contributed by atoms with Gasteiger partial charge in [-0.05, 0) is 43.9 Å². The molecule has 132 valence electrons. The summed E-state index contributed by atoms with van der Waals surface area (Å²) in [5, 5.41) is 0.462. The van der Waals surface area contributed by atoms with Crippen molar-refractivity contribution >= 4 is 16.8 Å². The third-order valence-electron chi connectivity index (χ3n) is 5.28. The number of pyridine rings is 1. The first kappa shape index (κ1) is 16.3. The van der Waals surface area contributed by atoms with E-state index in [2.05, 4.69) is 4.98 Å². The number of rotatable bonds is 1. The van der Waals surface area contributed by atoms with Gasteiger partial charge in [0.05, 0.1) is 17.2 Å². The number of aromatic nitrogens is 1. The van der Waals surface area contributed by atoms with Gasteiger partial charge in [0.2, 0.25) is 5.56 Å². The summed E-state index contributed by atoms with van der Waals surface area (Å²) in [5.41, 5.74) is 0.619. The lowest BCUT2D eigenvalue weighted by Gasteiger charge is -2.41. The zero-order valence-electron chi connectivity index (χ0n) is 14.2. The van der Waals surface area contributed by atoms with Crippen LogP contribution in [0.25, 0.3) is 10.9 Å². The molecule has 6 heteroatoms. The Labute approximate surface area is 144 Å². The molecule has 2 aliphatic heterocycles. The van der Waals surface area contributed by atoms with Crippen molar-refractivity contribution in [3.63, 3.8) is 0 Å². The van der Waals surface area contributed by atoms with Crippen molar-refractivity contribution in [1.29, 1.82) is 0 Å². The highest BCUT2D eigenvalue weighted by molar-refractivity contribution is 6.06. The van der Waals surface area contributed by atoms with Gasteiger partial charge in [0.25, 0.3) is 5.91 Å². The Morgan fingerprint density at radius 3 is 3.00 bits per heavy atom. The first-order valence-corrected chi connectivity index (χ1v) is 8.77. The number of halogens is 1. The Bertz CT molecular complexity index is 892. The number of H-pyrrole nitrogens is 1. The van der Waals surface area contributed by atoms with Gasteiger partial charge < -0.3 is 14.6 Å². The molecule has 25 heavy (non-hydrogen) atoms. The minimum atomic E-state index is -0.513. The minimum absolute atomic E-state index is 0.0948. The van der Waals surface area contributed by atoms with E-state index in [1.54, 1.807) is 17.9 Å². The zero-order valence-corrected chi connectivity index (χ0v) is 14.2. The smallest absolute Gasteiger partial charge is 0.254 e. The second-order valence-corrected chi connectivity index (χ2v) is 7.07. The van der Waals surface area contributed by atoms with Crippen molar-refractivity contribution < 1.29 is 13.9 Å². The summed E-state index contributed by atoms with van der Waals surface area (Å²) in [5.74, 6) is -0.371. The number of benzene rings is 1. The van der Waals surface area contributed by atoms with E-state index < -0.39 is 11.4 Å². The molecule has 0 aliphatic carbocycles. The quantitative estimate of drug-likeness (QED) is 0.865. The fourth-order valence-electron chi connectivity index (χ4n) is 4.07. The number of likely N-dealkylation sites (tertiary alicyclic amines) is 1. The highest BCUT2D eigenvalue weighted by atomic mass is 19.1. The van der Waals surface area contributed by atoms with Gasteiger partial charge in [-0.3, -0.25) is 9.59 Å². The third kappa shape index (κ3) is 2.95. The molecule has 0 spiro atoms. The topological polar surface area (TPSA) is 62.4 Å². The van der Waals surface area contributed by atoms with E-state index >= 15 is 0 Å². The number of nitrogens with one attached hydrogen (secondary N) is 1. The summed E-state index contributed by atoms with van der Waals surface area (Å²) in [6, 6.07) is 4.39. The van der Waals surface area contributed by atoms with Gasteiger partial charge in [-0.15, -0.1) is 0 Å². The van der Waals surface area contributed by atoms with Gasteiger partial charge in [0.1, 0.15) is 5.82 Å². The SMILES string of the molecule is Cc1cc(F)c2[nH]c(=O)cc(C(=O)N3CC[C@@H]4OCCC[C@@H]4C3)c2c1. The highest BCUT2D eigenvalue weighted by Gasteiger charge is 2.34. The molecular weight excluding hydrogens is 323 g/mol. The van der Waals surface area contributed by atoms with Crippen LogP contribution in [0.1, 0.15) is 35.2 Å². The Kier molecular flexibility index (Phi) is 4.07. The summed E-state index contributed by atoms with van der Waals surface area (Å²) in [4.78, 5) is 29.3. The highest BCUT2D eigenvalue weighted by Crippen LogP contribution is 2.30. The normalized spacial score (nSPS) is 23.5.